The van der Waals surface area contributed by atoms with Crippen LogP contribution in [0.2, 0.25) is 0 Å². The quantitative estimate of drug-likeness (QED) is 0.265. The number of rotatable bonds is 12. The van der Waals surface area contributed by atoms with Crippen LogP contribution in [0.4, 0.5) is 0 Å². The van der Waals surface area contributed by atoms with Crippen molar-refractivity contribution in [2.45, 2.75) is 39.0 Å². The minimum Gasteiger partial charge on any atom is -0.356 e. The highest BCUT2D eigenvalue weighted by molar-refractivity contribution is 5.29. The van der Waals surface area contributed by atoms with Crippen LogP contribution in [0.15, 0.2) is 119 Å². The molecule has 6 nitrogen and oxygen atoms in total. The van der Waals surface area contributed by atoms with E-state index in [1.54, 1.807) is 6.08 Å². The molecular weight excluding hydrogens is 452 g/mol. The van der Waals surface area contributed by atoms with Crippen LogP contribution >= 0.6 is 0 Å². The van der Waals surface area contributed by atoms with E-state index in [0.29, 0.717) is 25.3 Å². The summed E-state index contributed by atoms with van der Waals surface area (Å²) in [5.41, 5.74) is 2.66. The lowest BCUT2D eigenvalue weighted by atomic mass is 9.92. The zero-order valence-corrected chi connectivity index (χ0v) is 20.2. The second kappa shape index (κ2) is 12.6. The average Bonchev–Trinajstić information content (AvgIpc) is 2.92. The Morgan fingerprint density at radius 3 is 1.75 bits per heavy atom. The summed E-state index contributed by atoms with van der Waals surface area (Å²) in [4.78, 5) is 26.7. The van der Waals surface area contributed by atoms with E-state index in [1.807, 2.05) is 91.0 Å². The number of hydrogen-bond acceptors (Lipinski definition) is 4. The van der Waals surface area contributed by atoms with E-state index in [9.17, 15) is 9.59 Å². The maximum atomic E-state index is 13.6. The molecule has 0 aliphatic carbocycles. The molecule has 0 bridgehead atoms. The molecule has 1 unspecified atom stereocenters. The summed E-state index contributed by atoms with van der Waals surface area (Å²) < 4.78 is 14.3. The predicted molar refractivity (Wildman–Crippen MR) is 141 cm³/mol. The van der Waals surface area contributed by atoms with Crippen LogP contribution in [-0.4, -0.2) is 9.13 Å². The van der Waals surface area contributed by atoms with Crippen LogP contribution in [0.25, 0.3) is 0 Å². The van der Waals surface area contributed by atoms with E-state index in [2.05, 4.69) is 6.58 Å². The first-order valence-electron chi connectivity index (χ1n) is 11.9. The molecule has 0 fully saturated rings. The third-order valence-corrected chi connectivity index (χ3v) is 5.94. The van der Waals surface area contributed by atoms with Crippen LogP contribution in [0.1, 0.15) is 34.7 Å². The van der Waals surface area contributed by atoms with Gasteiger partial charge in [0.05, 0.1) is 13.2 Å². The molecular formula is C30H30N2O4. The Labute approximate surface area is 210 Å². The molecule has 184 valence electrons. The minimum absolute atomic E-state index is 0.00248. The second-order valence-corrected chi connectivity index (χ2v) is 8.46. The lowest BCUT2D eigenvalue weighted by Crippen LogP contribution is -2.42. The SMILES string of the molecule is C=CCC(c1ccccc1)c1cc(=O)n(COCc2ccccc2)c(=O)n1COCc1ccccc1. The third kappa shape index (κ3) is 6.36. The van der Waals surface area contributed by atoms with Crippen LogP contribution in [0.3, 0.4) is 0 Å². The zero-order chi connectivity index (χ0) is 25.2. The molecule has 36 heavy (non-hydrogen) atoms. The molecule has 3 aromatic carbocycles. The maximum absolute atomic E-state index is 13.6. The number of nitrogens with zero attached hydrogens (tertiary/aromatic N) is 2. The fourth-order valence-electron chi connectivity index (χ4n) is 4.11. The van der Waals surface area contributed by atoms with Gasteiger partial charge < -0.3 is 9.47 Å². The van der Waals surface area contributed by atoms with Gasteiger partial charge in [0, 0.05) is 17.7 Å². The van der Waals surface area contributed by atoms with Gasteiger partial charge in [0.15, 0.2) is 0 Å². The molecule has 1 aromatic heterocycles. The monoisotopic (exact) mass is 482 g/mol. The number of aromatic nitrogens is 2. The molecule has 6 heteroatoms. The minimum atomic E-state index is -0.469. The molecule has 1 heterocycles. The number of benzene rings is 3. The number of hydrogen-bond donors (Lipinski definition) is 0. The van der Waals surface area contributed by atoms with E-state index in [1.165, 1.54) is 10.6 Å². The second-order valence-electron chi connectivity index (χ2n) is 8.46. The number of allylic oxidation sites excluding steroid dienone is 1. The van der Waals surface area contributed by atoms with Crippen LogP contribution in [0.5, 0.6) is 0 Å². The van der Waals surface area contributed by atoms with Gasteiger partial charge in [0.25, 0.3) is 5.56 Å². The van der Waals surface area contributed by atoms with Crippen molar-refractivity contribution in [3.8, 4) is 0 Å². The van der Waals surface area contributed by atoms with E-state index >= 15 is 0 Å². The Hall–Kier alpha value is -4.00. The smallest absolute Gasteiger partial charge is 0.335 e. The molecule has 0 radical (unpaired) electrons. The Morgan fingerprint density at radius 2 is 1.22 bits per heavy atom. The molecule has 0 aliphatic rings. The van der Waals surface area contributed by atoms with Gasteiger partial charge in [0.2, 0.25) is 0 Å². The Kier molecular flexibility index (Phi) is 8.81. The fourth-order valence-corrected chi connectivity index (χ4v) is 4.11. The van der Waals surface area contributed by atoms with Crippen molar-refractivity contribution in [3.05, 3.63) is 153 Å². The molecule has 4 aromatic rings. The Bertz CT molecular complexity index is 1360. The molecule has 4 rings (SSSR count). The Morgan fingerprint density at radius 1 is 0.722 bits per heavy atom. The van der Waals surface area contributed by atoms with Crippen LogP contribution in [-0.2, 0) is 36.1 Å². The predicted octanol–water partition coefficient (Wildman–Crippen LogP) is 5.07. The molecule has 0 amide bonds. The summed E-state index contributed by atoms with van der Waals surface area (Å²) in [5.74, 6) is -0.218. The normalized spacial score (nSPS) is 11.8. The van der Waals surface area contributed by atoms with Crippen molar-refractivity contribution in [2.24, 2.45) is 0 Å². The summed E-state index contributed by atoms with van der Waals surface area (Å²) in [5, 5.41) is 0. The Balaban J connectivity index is 1.66. The summed E-state index contributed by atoms with van der Waals surface area (Å²) in [6.07, 6.45) is 2.36. The van der Waals surface area contributed by atoms with Gasteiger partial charge in [0.1, 0.15) is 13.5 Å². The fraction of sp³-hybridized carbons (Fsp3) is 0.200. The standard InChI is InChI=1S/C30H30N2O4/c1-2-12-27(26-17-10-5-11-18-26)28-19-29(33)32(23-36-21-25-15-8-4-9-16-25)30(34)31(28)22-35-20-24-13-6-3-7-14-24/h2-11,13-19,27H,1,12,20-23H2. The van der Waals surface area contributed by atoms with Crippen LogP contribution in [0, 0.1) is 0 Å². The maximum Gasteiger partial charge on any atom is 0.335 e. The average molecular weight is 483 g/mol. The van der Waals surface area contributed by atoms with E-state index in [-0.39, 0.29) is 19.4 Å². The lowest BCUT2D eigenvalue weighted by Gasteiger charge is -2.22. The van der Waals surface area contributed by atoms with Gasteiger partial charge in [-0.15, -0.1) is 6.58 Å². The van der Waals surface area contributed by atoms with Gasteiger partial charge in [-0.25, -0.2) is 9.36 Å². The molecule has 0 spiro atoms. The summed E-state index contributed by atoms with van der Waals surface area (Å²) in [6.45, 7) is 4.38. The first-order valence-corrected chi connectivity index (χ1v) is 11.9. The third-order valence-electron chi connectivity index (χ3n) is 5.94. The van der Waals surface area contributed by atoms with Crippen molar-refractivity contribution in [1.29, 1.82) is 0 Å². The molecule has 0 saturated heterocycles. The van der Waals surface area contributed by atoms with Gasteiger partial charge in [-0.05, 0) is 23.1 Å². The highest BCUT2D eigenvalue weighted by Crippen LogP contribution is 2.27. The lowest BCUT2D eigenvalue weighted by molar-refractivity contribution is 0.0425. The van der Waals surface area contributed by atoms with Gasteiger partial charge in [-0.2, -0.15) is 0 Å². The highest BCUT2D eigenvalue weighted by Gasteiger charge is 2.21. The zero-order valence-electron chi connectivity index (χ0n) is 20.2. The summed E-state index contributed by atoms with van der Waals surface area (Å²) in [6, 6.07) is 30.7. The van der Waals surface area contributed by atoms with Crippen molar-refractivity contribution < 1.29 is 9.47 Å². The van der Waals surface area contributed by atoms with E-state index in [0.717, 1.165) is 21.3 Å². The van der Waals surface area contributed by atoms with Gasteiger partial charge in [-0.3, -0.25) is 9.36 Å². The molecule has 0 saturated carbocycles. The topological polar surface area (TPSA) is 62.5 Å². The largest absolute Gasteiger partial charge is 0.356 e. The van der Waals surface area contributed by atoms with Gasteiger partial charge in [-0.1, -0.05) is 97.1 Å². The van der Waals surface area contributed by atoms with Gasteiger partial charge >= 0.3 is 5.69 Å². The number of ether oxygens (including phenoxy) is 2. The van der Waals surface area contributed by atoms with Crippen molar-refractivity contribution in [2.75, 3.05) is 0 Å². The molecule has 0 N–H and O–H groups in total. The van der Waals surface area contributed by atoms with Crippen molar-refractivity contribution in [1.82, 2.24) is 9.13 Å². The van der Waals surface area contributed by atoms with E-state index < -0.39 is 11.2 Å². The first-order chi connectivity index (χ1) is 17.7. The van der Waals surface area contributed by atoms with Crippen LogP contribution < -0.4 is 11.2 Å². The summed E-state index contributed by atoms with van der Waals surface area (Å²) >= 11 is 0. The van der Waals surface area contributed by atoms with Crippen molar-refractivity contribution in [3.63, 3.8) is 0 Å². The van der Waals surface area contributed by atoms with Crippen molar-refractivity contribution >= 4 is 0 Å². The molecule has 1 atom stereocenters. The summed E-state index contributed by atoms with van der Waals surface area (Å²) in [7, 11) is 0. The molecule has 0 aliphatic heterocycles. The first kappa shape index (κ1) is 25.1. The highest BCUT2D eigenvalue weighted by atomic mass is 16.5. The van der Waals surface area contributed by atoms with E-state index in [4.69, 9.17) is 9.47 Å².